The van der Waals surface area contributed by atoms with Crippen molar-refractivity contribution in [2.24, 2.45) is 5.73 Å². The van der Waals surface area contributed by atoms with Crippen LogP contribution in [0.2, 0.25) is 0 Å². The highest BCUT2D eigenvalue weighted by molar-refractivity contribution is 7.90. The molecule has 0 aliphatic carbocycles. The third-order valence-corrected chi connectivity index (χ3v) is 3.86. The zero-order valence-electron chi connectivity index (χ0n) is 11.1. The molecule has 112 valence electrons. The normalized spacial score (nSPS) is 11.4. The fraction of sp³-hybridized carbons (Fsp3) is 0.143. The van der Waals surface area contributed by atoms with Crippen LogP contribution in [0.15, 0.2) is 41.3 Å². The molecule has 0 aromatic heterocycles. The molecule has 0 heterocycles. The van der Waals surface area contributed by atoms with Gasteiger partial charge < -0.3 is 10.5 Å². The van der Waals surface area contributed by atoms with Crippen LogP contribution in [0.3, 0.4) is 0 Å². The molecule has 0 saturated carbocycles. The molecule has 0 spiro atoms. The van der Waals surface area contributed by atoms with E-state index >= 15 is 0 Å². The number of rotatable bonds is 4. The van der Waals surface area contributed by atoms with E-state index in [1.807, 2.05) is 0 Å². The summed E-state index contributed by atoms with van der Waals surface area (Å²) in [6.07, 6.45) is 1.03. The minimum absolute atomic E-state index is 0.000560. The summed E-state index contributed by atoms with van der Waals surface area (Å²) >= 11 is 0. The second-order valence-corrected chi connectivity index (χ2v) is 6.46. The van der Waals surface area contributed by atoms with Crippen molar-refractivity contribution >= 4 is 9.84 Å². The highest BCUT2D eigenvalue weighted by Gasteiger charge is 2.15. The highest BCUT2D eigenvalue weighted by atomic mass is 32.2. The predicted molar refractivity (Wildman–Crippen MR) is 73.9 cm³/mol. The van der Waals surface area contributed by atoms with Gasteiger partial charge in [-0.25, -0.2) is 17.2 Å². The molecule has 2 rings (SSSR count). The summed E-state index contributed by atoms with van der Waals surface area (Å²) in [4.78, 5) is -0.000560. The lowest BCUT2D eigenvalue weighted by atomic mass is 10.2. The number of nitrogens with two attached hydrogens (primary N) is 1. The van der Waals surface area contributed by atoms with E-state index in [4.69, 9.17) is 10.5 Å². The summed E-state index contributed by atoms with van der Waals surface area (Å²) < 4.78 is 55.6. The van der Waals surface area contributed by atoms with Gasteiger partial charge in [0, 0.05) is 12.8 Å². The van der Waals surface area contributed by atoms with Crippen molar-refractivity contribution in [3.8, 4) is 11.5 Å². The van der Waals surface area contributed by atoms with Gasteiger partial charge in [0.1, 0.15) is 5.75 Å². The van der Waals surface area contributed by atoms with E-state index in [9.17, 15) is 17.2 Å². The summed E-state index contributed by atoms with van der Waals surface area (Å²) in [6.45, 7) is -0.00230. The van der Waals surface area contributed by atoms with Gasteiger partial charge in [0.05, 0.1) is 4.90 Å². The summed E-state index contributed by atoms with van der Waals surface area (Å²) in [5.74, 6) is -2.38. The Morgan fingerprint density at radius 2 is 1.76 bits per heavy atom. The van der Waals surface area contributed by atoms with Gasteiger partial charge in [-0.2, -0.15) is 0 Å². The quantitative estimate of drug-likeness (QED) is 0.942. The maximum atomic E-state index is 13.8. The van der Waals surface area contributed by atoms with E-state index in [-0.39, 0.29) is 17.2 Å². The fourth-order valence-electron chi connectivity index (χ4n) is 1.71. The van der Waals surface area contributed by atoms with Crippen LogP contribution in [0.25, 0.3) is 0 Å². The maximum absolute atomic E-state index is 13.8. The lowest BCUT2D eigenvalue weighted by Crippen LogP contribution is -2.01. The van der Waals surface area contributed by atoms with Gasteiger partial charge in [0.25, 0.3) is 0 Å². The number of hydrogen-bond donors (Lipinski definition) is 1. The summed E-state index contributed by atoms with van der Waals surface area (Å²) in [7, 11) is -3.43. The summed E-state index contributed by atoms with van der Waals surface area (Å²) in [6, 6.07) is 7.54. The molecule has 0 aliphatic rings. The molecule has 4 nitrogen and oxygen atoms in total. The van der Waals surface area contributed by atoms with Gasteiger partial charge in [0.2, 0.25) is 0 Å². The van der Waals surface area contributed by atoms with Crippen molar-refractivity contribution in [1.82, 2.24) is 0 Å². The minimum atomic E-state index is -3.43. The molecular formula is C14H13F2NO3S. The third-order valence-electron chi connectivity index (χ3n) is 2.75. The van der Waals surface area contributed by atoms with Gasteiger partial charge >= 0.3 is 0 Å². The van der Waals surface area contributed by atoms with Crippen molar-refractivity contribution in [3.63, 3.8) is 0 Å². The molecule has 0 fully saturated rings. The van der Waals surface area contributed by atoms with Crippen molar-refractivity contribution in [2.45, 2.75) is 11.4 Å². The average molecular weight is 313 g/mol. The first kappa shape index (κ1) is 15.4. The van der Waals surface area contributed by atoms with E-state index in [2.05, 4.69) is 0 Å². The topological polar surface area (TPSA) is 69.4 Å². The Morgan fingerprint density at radius 1 is 1.14 bits per heavy atom. The standard InChI is InChI=1S/C14H13F2NO3S/c1-21(18,19)11-4-2-3-10(7-11)20-14-12(15)5-9(8-17)6-13(14)16/h2-7H,8,17H2,1H3. The van der Waals surface area contributed by atoms with Crippen molar-refractivity contribution in [2.75, 3.05) is 6.26 Å². The summed E-state index contributed by atoms with van der Waals surface area (Å²) in [5, 5.41) is 0. The third kappa shape index (κ3) is 3.56. The molecule has 0 saturated heterocycles. The van der Waals surface area contributed by atoms with Crippen LogP contribution in [-0.4, -0.2) is 14.7 Å². The maximum Gasteiger partial charge on any atom is 0.198 e. The van der Waals surface area contributed by atoms with E-state index in [1.54, 1.807) is 0 Å². The smallest absolute Gasteiger partial charge is 0.198 e. The van der Waals surface area contributed by atoms with Crippen molar-refractivity contribution in [1.29, 1.82) is 0 Å². The SMILES string of the molecule is CS(=O)(=O)c1cccc(Oc2c(F)cc(CN)cc2F)c1. The molecular weight excluding hydrogens is 300 g/mol. The number of benzene rings is 2. The largest absolute Gasteiger partial charge is 0.451 e. The molecule has 0 unspecified atom stereocenters. The van der Waals surface area contributed by atoms with Gasteiger partial charge in [0.15, 0.2) is 27.2 Å². The van der Waals surface area contributed by atoms with Gasteiger partial charge in [-0.3, -0.25) is 0 Å². The monoisotopic (exact) mass is 313 g/mol. The van der Waals surface area contributed by atoms with Gasteiger partial charge in [-0.15, -0.1) is 0 Å². The van der Waals surface area contributed by atoms with Crippen LogP contribution in [0.4, 0.5) is 8.78 Å². The van der Waals surface area contributed by atoms with Gasteiger partial charge in [-0.1, -0.05) is 6.07 Å². The number of sulfone groups is 1. The number of halogens is 2. The Hall–Kier alpha value is -1.99. The molecule has 2 N–H and O–H groups in total. The van der Waals surface area contributed by atoms with Crippen LogP contribution in [0, 0.1) is 11.6 Å². The Labute approximate surface area is 121 Å². The van der Waals surface area contributed by atoms with Crippen molar-refractivity contribution in [3.05, 3.63) is 53.6 Å². The van der Waals surface area contributed by atoms with E-state index < -0.39 is 27.2 Å². The number of ether oxygens (including phenoxy) is 1. The molecule has 7 heteroatoms. The second kappa shape index (κ2) is 5.79. The summed E-state index contributed by atoms with van der Waals surface area (Å²) in [5.41, 5.74) is 5.61. The molecule has 0 radical (unpaired) electrons. The Bertz CT molecular complexity index is 753. The molecule has 0 aliphatic heterocycles. The van der Waals surface area contributed by atoms with Crippen LogP contribution in [0.1, 0.15) is 5.56 Å². The van der Waals surface area contributed by atoms with Crippen molar-refractivity contribution < 1.29 is 21.9 Å². The van der Waals surface area contributed by atoms with Gasteiger partial charge in [-0.05, 0) is 35.9 Å². The molecule has 2 aromatic rings. The molecule has 21 heavy (non-hydrogen) atoms. The zero-order chi connectivity index (χ0) is 15.6. The fourth-order valence-corrected chi connectivity index (χ4v) is 2.37. The Kier molecular flexibility index (Phi) is 4.24. The molecule has 2 aromatic carbocycles. The first-order valence-corrected chi connectivity index (χ1v) is 7.86. The lowest BCUT2D eigenvalue weighted by Gasteiger charge is -2.10. The highest BCUT2D eigenvalue weighted by Crippen LogP contribution is 2.29. The number of hydrogen-bond acceptors (Lipinski definition) is 4. The van der Waals surface area contributed by atoms with E-state index in [0.717, 1.165) is 18.4 Å². The predicted octanol–water partition coefficient (Wildman–Crippen LogP) is 2.62. The molecule has 0 bridgehead atoms. The van der Waals surface area contributed by atoms with E-state index in [1.165, 1.54) is 24.3 Å². The first-order chi connectivity index (χ1) is 9.81. The molecule has 0 amide bonds. The van der Waals surface area contributed by atoms with Crippen LogP contribution in [-0.2, 0) is 16.4 Å². The molecule has 0 atom stereocenters. The Morgan fingerprint density at radius 3 is 2.29 bits per heavy atom. The second-order valence-electron chi connectivity index (χ2n) is 4.44. The lowest BCUT2D eigenvalue weighted by molar-refractivity contribution is 0.405. The average Bonchev–Trinajstić information content (AvgIpc) is 2.42. The first-order valence-electron chi connectivity index (χ1n) is 5.97. The minimum Gasteiger partial charge on any atom is -0.451 e. The van der Waals surface area contributed by atoms with E-state index in [0.29, 0.717) is 5.56 Å². The zero-order valence-corrected chi connectivity index (χ0v) is 12.0. The van der Waals surface area contributed by atoms with Crippen LogP contribution >= 0.6 is 0 Å². The van der Waals surface area contributed by atoms with Crippen LogP contribution in [0.5, 0.6) is 11.5 Å². The Balaban J connectivity index is 2.39. The van der Waals surface area contributed by atoms with Crippen LogP contribution < -0.4 is 10.5 Å².